The molecule has 2 aromatic carbocycles. The van der Waals surface area contributed by atoms with Crippen molar-refractivity contribution in [2.45, 2.75) is 6.36 Å². The summed E-state index contributed by atoms with van der Waals surface area (Å²) in [4.78, 5) is 0. The largest absolute Gasteiger partial charge is 0.573 e. The molecule has 0 heterocycles. The Morgan fingerprint density at radius 3 is 2.57 bits per heavy atom. The molecule has 0 atom stereocenters. The van der Waals surface area contributed by atoms with Gasteiger partial charge in [-0.15, -0.1) is 13.2 Å². The van der Waals surface area contributed by atoms with Crippen LogP contribution >= 0.6 is 11.6 Å². The number of nitrogens with one attached hydrogen (secondary N) is 1. The summed E-state index contributed by atoms with van der Waals surface area (Å²) in [6.45, 7) is 0. The van der Waals surface area contributed by atoms with Crippen LogP contribution in [-0.2, 0) is 0 Å². The van der Waals surface area contributed by atoms with E-state index in [1.54, 1.807) is 12.1 Å². The van der Waals surface area contributed by atoms with Crippen molar-refractivity contribution in [3.8, 4) is 11.8 Å². The molecule has 0 saturated heterocycles. The van der Waals surface area contributed by atoms with Gasteiger partial charge >= 0.3 is 6.36 Å². The predicted molar refractivity (Wildman–Crippen MR) is 72.6 cm³/mol. The molecule has 0 unspecified atom stereocenters. The summed E-state index contributed by atoms with van der Waals surface area (Å²) >= 11 is 5.84. The van der Waals surface area contributed by atoms with Crippen molar-refractivity contribution in [1.29, 1.82) is 5.26 Å². The molecule has 108 valence electrons. The number of hydrogen-bond donors (Lipinski definition) is 1. The van der Waals surface area contributed by atoms with Gasteiger partial charge in [-0.25, -0.2) is 0 Å². The Balaban J connectivity index is 2.27. The first kappa shape index (κ1) is 15.0. The smallest absolute Gasteiger partial charge is 0.406 e. The zero-order valence-corrected chi connectivity index (χ0v) is 11.2. The monoisotopic (exact) mass is 312 g/mol. The maximum Gasteiger partial charge on any atom is 0.573 e. The molecular weight excluding hydrogens is 305 g/mol. The van der Waals surface area contributed by atoms with Crippen LogP contribution in [-0.4, -0.2) is 6.36 Å². The summed E-state index contributed by atoms with van der Waals surface area (Å²) in [5.41, 5.74) is 1.06. The van der Waals surface area contributed by atoms with E-state index < -0.39 is 6.36 Å². The lowest BCUT2D eigenvalue weighted by Crippen LogP contribution is -2.17. The van der Waals surface area contributed by atoms with Crippen LogP contribution in [0.4, 0.5) is 24.5 Å². The molecule has 3 nitrogen and oxygen atoms in total. The number of anilines is 2. The van der Waals surface area contributed by atoms with Crippen molar-refractivity contribution in [2.24, 2.45) is 0 Å². The van der Waals surface area contributed by atoms with Crippen LogP contribution in [0.25, 0.3) is 0 Å². The first-order valence-corrected chi connectivity index (χ1v) is 6.08. The number of halogens is 4. The molecule has 2 rings (SSSR count). The lowest BCUT2D eigenvalue weighted by Gasteiger charge is -2.12. The Morgan fingerprint density at radius 1 is 1.14 bits per heavy atom. The number of ether oxygens (including phenoxy) is 1. The van der Waals surface area contributed by atoms with Crippen LogP contribution in [0.15, 0.2) is 42.5 Å². The number of hydrogen-bond acceptors (Lipinski definition) is 3. The van der Waals surface area contributed by atoms with Crippen molar-refractivity contribution in [1.82, 2.24) is 0 Å². The SMILES string of the molecule is N#Cc1ccc(Cl)cc1Nc1cccc(OC(F)(F)F)c1. The average Bonchev–Trinajstić information content (AvgIpc) is 2.37. The molecule has 0 amide bonds. The number of benzene rings is 2. The summed E-state index contributed by atoms with van der Waals surface area (Å²) in [6.07, 6.45) is -4.76. The number of alkyl halides is 3. The quantitative estimate of drug-likeness (QED) is 0.880. The van der Waals surface area contributed by atoms with E-state index in [4.69, 9.17) is 16.9 Å². The van der Waals surface area contributed by atoms with Gasteiger partial charge in [-0.3, -0.25) is 0 Å². The summed E-state index contributed by atoms with van der Waals surface area (Å²) in [5.74, 6) is -0.354. The van der Waals surface area contributed by atoms with Gasteiger partial charge in [0.25, 0.3) is 0 Å². The molecule has 0 fully saturated rings. The van der Waals surface area contributed by atoms with Gasteiger partial charge in [0, 0.05) is 16.8 Å². The van der Waals surface area contributed by atoms with Crippen LogP contribution in [0, 0.1) is 11.3 Å². The maximum absolute atomic E-state index is 12.2. The highest BCUT2D eigenvalue weighted by atomic mass is 35.5. The van der Waals surface area contributed by atoms with E-state index in [1.807, 2.05) is 6.07 Å². The van der Waals surface area contributed by atoms with Crippen LogP contribution in [0.2, 0.25) is 5.02 Å². The van der Waals surface area contributed by atoms with Gasteiger partial charge in [0.15, 0.2) is 0 Å². The van der Waals surface area contributed by atoms with Gasteiger partial charge < -0.3 is 10.1 Å². The third kappa shape index (κ3) is 4.29. The molecule has 0 radical (unpaired) electrons. The van der Waals surface area contributed by atoms with Crippen molar-refractivity contribution in [2.75, 3.05) is 5.32 Å². The molecule has 1 N–H and O–H groups in total. The van der Waals surface area contributed by atoms with Gasteiger partial charge in [-0.05, 0) is 30.3 Å². The standard InChI is InChI=1S/C14H8ClF3N2O/c15-10-5-4-9(8-19)13(6-10)20-11-2-1-3-12(7-11)21-14(16,17)18/h1-7,20H. The molecule has 0 aliphatic carbocycles. The molecule has 0 aliphatic rings. The van der Waals surface area contributed by atoms with Crippen molar-refractivity contribution >= 4 is 23.0 Å². The number of nitrogens with zero attached hydrogens (tertiary/aromatic N) is 1. The van der Waals surface area contributed by atoms with Gasteiger partial charge in [-0.2, -0.15) is 5.26 Å². The summed E-state index contributed by atoms with van der Waals surface area (Å²) in [5, 5.41) is 12.2. The zero-order valence-electron chi connectivity index (χ0n) is 10.4. The van der Waals surface area contributed by atoms with E-state index in [9.17, 15) is 13.2 Å². The maximum atomic E-state index is 12.2. The summed E-state index contributed by atoms with van der Waals surface area (Å²) in [7, 11) is 0. The van der Waals surface area contributed by atoms with E-state index in [1.165, 1.54) is 30.3 Å². The van der Waals surface area contributed by atoms with Gasteiger partial charge in [0.2, 0.25) is 0 Å². The minimum atomic E-state index is -4.76. The Morgan fingerprint density at radius 2 is 1.90 bits per heavy atom. The Labute approximate surface area is 123 Å². The third-order valence-electron chi connectivity index (χ3n) is 2.45. The second-order valence-electron chi connectivity index (χ2n) is 4.00. The van der Waals surface area contributed by atoms with E-state index in [2.05, 4.69) is 10.1 Å². The fourth-order valence-electron chi connectivity index (χ4n) is 1.64. The van der Waals surface area contributed by atoms with E-state index in [0.29, 0.717) is 22.0 Å². The fraction of sp³-hybridized carbons (Fsp3) is 0.0714. The van der Waals surface area contributed by atoms with Crippen molar-refractivity contribution in [3.05, 3.63) is 53.1 Å². The molecule has 21 heavy (non-hydrogen) atoms. The summed E-state index contributed by atoms with van der Waals surface area (Å²) in [6, 6.07) is 11.8. The second-order valence-corrected chi connectivity index (χ2v) is 4.44. The van der Waals surface area contributed by atoms with Crippen LogP contribution in [0.3, 0.4) is 0 Å². The minimum absolute atomic E-state index is 0.321. The van der Waals surface area contributed by atoms with Crippen LogP contribution in [0.5, 0.6) is 5.75 Å². The predicted octanol–water partition coefficient (Wildman–Crippen LogP) is 4.85. The third-order valence-corrected chi connectivity index (χ3v) is 2.68. The Hall–Kier alpha value is -2.39. The minimum Gasteiger partial charge on any atom is -0.406 e. The lowest BCUT2D eigenvalue weighted by molar-refractivity contribution is -0.274. The van der Waals surface area contributed by atoms with Gasteiger partial charge in [0.05, 0.1) is 11.3 Å². The molecule has 0 bridgehead atoms. The molecule has 0 spiro atoms. The normalized spacial score (nSPS) is 10.8. The topological polar surface area (TPSA) is 45.0 Å². The number of rotatable bonds is 3. The zero-order chi connectivity index (χ0) is 15.5. The summed E-state index contributed by atoms with van der Waals surface area (Å²) < 4.78 is 40.3. The molecule has 7 heteroatoms. The fourth-order valence-corrected chi connectivity index (χ4v) is 1.82. The molecular formula is C14H8ClF3N2O. The molecule has 0 aliphatic heterocycles. The van der Waals surface area contributed by atoms with Crippen molar-refractivity contribution < 1.29 is 17.9 Å². The molecule has 0 aromatic heterocycles. The Kier molecular flexibility index (Phi) is 4.24. The van der Waals surface area contributed by atoms with Crippen molar-refractivity contribution in [3.63, 3.8) is 0 Å². The molecule has 2 aromatic rings. The van der Waals surface area contributed by atoms with Crippen LogP contribution < -0.4 is 10.1 Å². The first-order chi connectivity index (χ1) is 9.87. The van der Waals surface area contributed by atoms with Gasteiger partial charge in [-0.1, -0.05) is 17.7 Å². The Bertz CT molecular complexity index is 695. The van der Waals surface area contributed by atoms with E-state index in [0.717, 1.165) is 0 Å². The molecule has 0 saturated carbocycles. The van der Waals surface area contributed by atoms with Gasteiger partial charge in [0.1, 0.15) is 11.8 Å². The van der Waals surface area contributed by atoms with E-state index >= 15 is 0 Å². The highest BCUT2D eigenvalue weighted by molar-refractivity contribution is 6.30. The van der Waals surface area contributed by atoms with Crippen LogP contribution in [0.1, 0.15) is 5.56 Å². The lowest BCUT2D eigenvalue weighted by atomic mass is 10.2. The highest BCUT2D eigenvalue weighted by Gasteiger charge is 2.31. The first-order valence-electron chi connectivity index (χ1n) is 5.70. The average molecular weight is 313 g/mol. The van der Waals surface area contributed by atoms with E-state index in [-0.39, 0.29) is 5.75 Å². The highest BCUT2D eigenvalue weighted by Crippen LogP contribution is 2.28. The number of nitriles is 1. The second kappa shape index (κ2) is 5.94.